The quantitative estimate of drug-likeness (QED) is 0.615. The lowest BCUT2D eigenvalue weighted by Gasteiger charge is -2.25. The van der Waals surface area contributed by atoms with E-state index in [1.54, 1.807) is 12.1 Å². The van der Waals surface area contributed by atoms with Gasteiger partial charge in [-0.2, -0.15) is 4.98 Å². The van der Waals surface area contributed by atoms with Crippen LogP contribution in [-0.4, -0.2) is 9.55 Å². The molecule has 25 heavy (non-hydrogen) atoms. The number of fused-ring (bicyclic) bond motifs is 1. The van der Waals surface area contributed by atoms with Gasteiger partial charge < -0.3 is 8.98 Å². The minimum absolute atomic E-state index is 0.315. The molecule has 1 saturated carbocycles. The second kappa shape index (κ2) is 6.34. The van der Waals surface area contributed by atoms with Gasteiger partial charge in [0.25, 0.3) is 0 Å². The van der Waals surface area contributed by atoms with Crippen LogP contribution >= 0.6 is 11.6 Å². The number of aromatic nitrogens is 2. The van der Waals surface area contributed by atoms with Gasteiger partial charge in [-0.25, -0.2) is 4.79 Å². The van der Waals surface area contributed by atoms with Crippen LogP contribution in [0.3, 0.4) is 0 Å². The fourth-order valence-electron chi connectivity index (χ4n) is 3.92. The van der Waals surface area contributed by atoms with Gasteiger partial charge in [-0.1, -0.05) is 30.9 Å². The zero-order valence-electron chi connectivity index (χ0n) is 14.5. The Morgan fingerprint density at radius 3 is 2.48 bits per heavy atom. The molecule has 0 bridgehead atoms. The van der Waals surface area contributed by atoms with E-state index in [1.807, 2.05) is 19.1 Å². The second-order valence-corrected chi connectivity index (χ2v) is 7.32. The summed E-state index contributed by atoms with van der Waals surface area (Å²) in [5.41, 5.74) is 3.29. The lowest BCUT2D eigenvalue weighted by Crippen LogP contribution is -2.15. The highest BCUT2D eigenvalue weighted by Gasteiger charge is 2.24. The summed E-state index contributed by atoms with van der Waals surface area (Å²) in [6.07, 6.45) is 6.03. The van der Waals surface area contributed by atoms with E-state index in [4.69, 9.17) is 21.0 Å². The number of hydrogen-bond acceptors (Lipinski definition) is 3. The molecule has 0 spiro atoms. The summed E-state index contributed by atoms with van der Waals surface area (Å²) in [6.45, 7) is 4.06. The van der Waals surface area contributed by atoms with E-state index in [0.29, 0.717) is 22.3 Å². The minimum Gasteiger partial charge on any atom is -0.403 e. The normalized spacial score (nSPS) is 15.8. The minimum atomic E-state index is -0.315. The van der Waals surface area contributed by atoms with Crippen LogP contribution in [0, 0.1) is 13.8 Å². The first-order chi connectivity index (χ1) is 12.1. The van der Waals surface area contributed by atoms with Crippen molar-refractivity contribution in [1.82, 2.24) is 9.55 Å². The van der Waals surface area contributed by atoms with Crippen molar-refractivity contribution >= 4 is 22.6 Å². The monoisotopic (exact) mass is 356 g/mol. The van der Waals surface area contributed by atoms with Gasteiger partial charge in [0.1, 0.15) is 5.39 Å². The predicted octanol–water partition coefficient (Wildman–Crippen LogP) is 5.43. The lowest BCUT2D eigenvalue weighted by atomic mass is 9.95. The third kappa shape index (κ3) is 2.78. The molecular weight excluding hydrogens is 336 g/mol. The fraction of sp³-hybridized carbons (Fsp3) is 0.400. The molecule has 0 amide bonds. The van der Waals surface area contributed by atoms with E-state index in [1.165, 1.54) is 19.3 Å². The zero-order chi connectivity index (χ0) is 17.6. The van der Waals surface area contributed by atoms with Crippen LogP contribution in [0.25, 0.3) is 22.5 Å². The SMILES string of the molecule is Cc1c(C)n(C2CCCCC2)c2nc(-c3ccc(Cl)cc3)oc(=O)c12. The molecule has 0 radical (unpaired) electrons. The van der Waals surface area contributed by atoms with Crippen LogP contribution < -0.4 is 5.63 Å². The number of nitrogens with zero attached hydrogens (tertiary/aromatic N) is 2. The van der Waals surface area contributed by atoms with Crippen LogP contribution in [0.1, 0.15) is 49.4 Å². The summed E-state index contributed by atoms with van der Waals surface area (Å²) >= 11 is 5.96. The summed E-state index contributed by atoms with van der Waals surface area (Å²) in [5.74, 6) is 0.351. The van der Waals surface area contributed by atoms with Gasteiger partial charge in [0.2, 0.25) is 5.89 Å². The van der Waals surface area contributed by atoms with Gasteiger partial charge in [-0.15, -0.1) is 0 Å². The van der Waals surface area contributed by atoms with E-state index in [-0.39, 0.29) is 5.63 Å². The van der Waals surface area contributed by atoms with E-state index < -0.39 is 0 Å². The van der Waals surface area contributed by atoms with Crippen LogP contribution in [0.15, 0.2) is 33.5 Å². The molecule has 130 valence electrons. The van der Waals surface area contributed by atoms with Gasteiger partial charge >= 0.3 is 5.63 Å². The Morgan fingerprint density at radius 1 is 1.12 bits per heavy atom. The van der Waals surface area contributed by atoms with Crippen LogP contribution in [0.2, 0.25) is 5.02 Å². The Bertz CT molecular complexity index is 980. The van der Waals surface area contributed by atoms with E-state index in [2.05, 4.69) is 11.5 Å². The fourth-order valence-corrected chi connectivity index (χ4v) is 4.05. The largest absolute Gasteiger partial charge is 0.403 e. The number of benzene rings is 1. The molecule has 1 fully saturated rings. The van der Waals surface area contributed by atoms with Crippen molar-refractivity contribution in [1.29, 1.82) is 0 Å². The number of rotatable bonds is 2. The first kappa shape index (κ1) is 16.4. The molecule has 4 rings (SSSR count). The molecule has 0 aliphatic heterocycles. The van der Waals surface area contributed by atoms with E-state index in [0.717, 1.165) is 35.3 Å². The Kier molecular flexibility index (Phi) is 4.16. The van der Waals surface area contributed by atoms with Crippen LogP contribution in [0.5, 0.6) is 0 Å². The standard InChI is InChI=1S/C20H21ClN2O2/c1-12-13(2)23(16-6-4-3-5-7-16)18-17(12)20(24)25-19(22-18)14-8-10-15(21)11-9-14/h8-11,16H,3-7H2,1-2H3. The lowest BCUT2D eigenvalue weighted by molar-refractivity contribution is 0.355. The van der Waals surface area contributed by atoms with Gasteiger partial charge in [0, 0.05) is 22.3 Å². The average Bonchev–Trinajstić information content (AvgIpc) is 2.87. The smallest absolute Gasteiger partial charge is 0.349 e. The highest BCUT2D eigenvalue weighted by Crippen LogP contribution is 2.34. The van der Waals surface area contributed by atoms with Gasteiger partial charge in [-0.05, 0) is 56.5 Å². The molecule has 4 nitrogen and oxygen atoms in total. The molecule has 0 unspecified atom stereocenters. The van der Waals surface area contributed by atoms with Gasteiger partial charge in [0.15, 0.2) is 5.65 Å². The van der Waals surface area contributed by atoms with Crippen molar-refractivity contribution in [3.05, 3.63) is 51.0 Å². The molecule has 2 aromatic heterocycles. The molecule has 1 aliphatic carbocycles. The van der Waals surface area contributed by atoms with Crippen LogP contribution in [0.4, 0.5) is 0 Å². The number of aryl methyl sites for hydroxylation is 1. The summed E-state index contributed by atoms with van der Waals surface area (Å²) in [6, 6.07) is 7.62. The maximum atomic E-state index is 12.7. The molecule has 0 saturated heterocycles. The van der Waals surface area contributed by atoms with Crippen molar-refractivity contribution in [2.45, 2.75) is 52.0 Å². The van der Waals surface area contributed by atoms with Crippen molar-refractivity contribution < 1.29 is 4.42 Å². The predicted molar refractivity (Wildman–Crippen MR) is 100 cm³/mol. The molecule has 2 heterocycles. The zero-order valence-corrected chi connectivity index (χ0v) is 15.3. The Balaban J connectivity index is 1.94. The molecular formula is C20H21ClN2O2. The summed E-state index contributed by atoms with van der Waals surface area (Å²) < 4.78 is 7.79. The first-order valence-corrected chi connectivity index (χ1v) is 9.22. The number of halogens is 1. The molecule has 1 aliphatic rings. The summed E-state index contributed by atoms with van der Waals surface area (Å²) in [5, 5.41) is 1.25. The maximum Gasteiger partial charge on any atom is 0.349 e. The van der Waals surface area contributed by atoms with Crippen molar-refractivity contribution in [2.75, 3.05) is 0 Å². The topological polar surface area (TPSA) is 48.0 Å². The van der Waals surface area contributed by atoms with E-state index in [9.17, 15) is 4.79 Å². The second-order valence-electron chi connectivity index (χ2n) is 6.88. The van der Waals surface area contributed by atoms with E-state index >= 15 is 0 Å². The molecule has 0 atom stereocenters. The average molecular weight is 357 g/mol. The highest BCUT2D eigenvalue weighted by atomic mass is 35.5. The summed E-state index contributed by atoms with van der Waals surface area (Å²) in [7, 11) is 0. The summed E-state index contributed by atoms with van der Waals surface area (Å²) in [4.78, 5) is 17.4. The van der Waals surface area contributed by atoms with Crippen molar-refractivity contribution in [3.63, 3.8) is 0 Å². The Morgan fingerprint density at radius 2 is 1.80 bits per heavy atom. The third-order valence-electron chi connectivity index (χ3n) is 5.36. The third-order valence-corrected chi connectivity index (χ3v) is 5.61. The molecule has 0 N–H and O–H groups in total. The number of hydrogen-bond donors (Lipinski definition) is 0. The van der Waals surface area contributed by atoms with Crippen molar-refractivity contribution in [3.8, 4) is 11.5 Å². The highest BCUT2D eigenvalue weighted by molar-refractivity contribution is 6.30. The molecule has 1 aromatic carbocycles. The molecule has 3 aromatic rings. The molecule has 5 heteroatoms. The van der Waals surface area contributed by atoms with Crippen LogP contribution in [-0.2, 0) is 0 Å². The van der Waals surface area contributed by atoms with Gasteiger partial charge in [0.05, 0.1) is 0 Å². The first-order valence-electron chi connectivity index (χ1n) is 8.84. The van der Waals surface area contributed by atoms with Crippen molar-refractivity contribution in [2.24, 2.45) is 0 Å². The Labute approximate surface area is 151 Å². The van der Waals surface area contributed by atoms with Gasteiger partial charge in [-0.3, -0.25) is 0 Å². The maximum absolute atomic E-state index is 12.7. The Hall–Kier alpha value is -2.07.